The van der Waals surface area contributed by atoms with Crippen LogP contribution < -0.4 is 4.74 Å². The van der Waals surface area contributed by atoms with Crippen LogP contribution in [-0.2, 0) is 4.74 Å². The normalized spacial score (nSPS) is 17.6. The van der Waals surface area contributed by atoms with E-state index in [4.69, 9.17) is 9.47 Å². The molecule has 1 fully saturated rings. The lowest BCUT2D eigenvalue weighted by Crippen LogP contribution is -2.25. The smallest absolute Gasteiger partial charge is 0.200 e. The Labute approximate surface area is 218 Å². The zero-order valence-electron chi connectivity index (χ0n) is 22.3. The maximum Gasteiger partial charge on any atom is 0.200 e. The van der Waals surface area contributed by atoms with Gasteiger partial charge in [0, 0.05) is 12.3 Å². The predicted molar refractivity (Wildman–Crippen MR) is 150 cm³/mol. The second-order valence-corrected chi connectivity index (χ2v) is 11.3. The summed E-state index contributed by atoms with van der Waals surface area (Å²) in [5.41, 5.74) is 6.86. The Kier molecular flexibility index (Phi) is 8.12. The van der Waals surface area contributed by atoms with E-state index in [9.17, 15) is 0 Å². The summed E-state index contributed by atoms with van der Waals surface area (Å²) in [5, 5.41) is 0. The van der Waals surface area contributed by atoms with E-state index in [0.717, 1.165) is 31.1 Å². The van der Waals surface area contributed by atoms with E-state index in [0.29, 0.717) is 11.8 Å². The maximum atomic E-state index is 6.57. The van der Waals surface area contributed by atoms with Gasteiger partial charge in [-0.25, -0.2) is 0 Å². The molecule has 0 amide bonds. The first-order valence-corrected chi connectivity index (χ1v) is 14.2. The molecule has 0 spiro atoms. The van der Waals surface area contributed by atoms with E-state index in [1.165, 1.54) is 59.9 Å². The molecule has 0 aliphatic heterocycles. The summed E-state index contributed by atoms with van der Waals surface area (Å²) in [5.74, 6) is 3.15. The monoisotopic (exact) mass is 482 g/mol. The third-order valence-corrected chi connectivity index (χ3v) is 8.62. The minimum absolute atomic E-state index is 0.272. The first-order chi connectivity index (χ1) is 17.6. The van der Waals surface area contributed by atoms with Gasteiger partial charge in [-0.15, -0.1) is 0 Å². The van der Waals surface area contributed by atoms with Crippen molar-refractivity contribution >= 4 is 0 Å². The molecule has 2 heteroatoms. The van der Waals surface area contributed by atoms with Crippen LogP contribution in [-0.4, -0.2) is 12.9 Å². The fourth-order valence-corrected chi connectivity index (χ4v) is 6.08. The molecule has 0 heterocycles. The summed E-state index contributed by atoms with van der Waals surface area (Å²) in [7, 11) is 0. The fourth-order valence-electron chi connectivity index (χ4n) is 6.08. The Bertz CT molecular complexity index is 1060. The standard InChI is InChI=1S/C34H42O2/c1-24(2)25(3)27-17-19-28(20-18-27)36-34(35-22-21-26-11-5-4-6-12-26)23-33-31-15-9-7-13-29(31)30-14-8-10-16-32(30)33/h7-10,13-20,24-26,33-34H,4-6,11-12,21-23H2,1-3H3. The van der Waals surface area contributed by atoms with Crippen LogP contribution >= 0.6 is 0 Å². The van der Waals surface area contributed by atoms with Gasteiger partial charge >= 0.3 is 0 Å². The summed E-state index contributed by atoms with van der Waals surface area (Å²) in [4.78, 5) is 0. The van der Waals surface area contributed by atoms with Gasteiger partial charge in [0.25, 0.3) is 0 Å². The molecule has 2 atom stereocenters. The summed E-state index contributed by atoms with van der Waals surface area (Å²) in [6.07, 6.45) is 8.55. The fraction of sp³-hybridized carbons (Fsp3) is 0.471. The Morgan fingerprint density at radius 3 is 1.97 bits per heavy atom. The van der Waals surface area contributed by atoms with Crippen LogP contribution in [0, 0.1) is 11.8 Å². The number of hydrogen-bond donors (Lipinski definition) is 0. The highest BCUT2D eigenvalue weighted by Gasteiger charge is 2.31. The summed E-state index contributed by atoms with van der Waals surface area (Å²) >= 11 is 0. The van der Waals surface area contributed by atoms with Crippen molar-refractivity contribution < 1.29 is 9.47 Å². The number of benzene rings is 3. The van der Waals surface area contributed by atoms with Crippen molar-refractivity contribution in [3.05, 3.63) is 89.5 Å². The van der Waals surface area contributed by atoms with Crippen molar-refractivity contribution in [3.8, 4) is 16.9 Å². The molecule has 2 aliphatic carbocycles. The number of fused-ring (bicyclic) bond motifs is 3. The van der Waals surface area contributed by atoms with Crippen LogP contribution in [0.4, 0.5) is 0 Å². The van der Waals surface area contributed by atoms with Gasteiger partial charge in [-0.1, -0.05) is 114 Å². The van der Waals surface area contributed by atoms with Crippen LogP contribution in [0.15, 0.2) is 72.8 Å². The van der Waals surface area contributed by atoms with Gasteiger partial charge in [0.1, 0.15) is 5.75 Å². The molecule has 1 saturated carbocycles. The molecule has 2 nitrogen and oxygen atoms in total. The number of rotatable bonds is 10. The molecule has 0 saturated heterocycles. The Balaban J connectivity index is 1.33. The third-order valence-electron chi connectivity index (χ3n) is 8.62. The van der Waals surface area contributed by atoms with Gasteiger partial charge in [0.15, 0.2) is 0 Å². The van der Waals surface area contributed by atoms with Gasteiger partial charge < -0.3 is 9.47 Å². The maximum absolute atomic E-state index is 6.57. The van der Waals surface area contributed by atoms with E-state index in [1.807, 2.05) is 0 Å². The average Bonchev–Trinajstić information content (AvgIpc) is 3.23. The zero-order chi connectivity index (χ0) is 24.9. The van der Waals surface area contributed by atoms with Crippen LogP contribution in [0.1, 0.15) is 94.2 Å². The van der Waals surface area contributed by atoms with Gasteiger partial charge in [-0.05, 0) is 64.1 Å². The van der Waals surface area contributed by atoms with E-state index >= 15 is 0 Å². The molecule has 3 aromatic carbocycles. The molecule has 0 aromatic heterocycles. The minimum Gasteiger partial charge on any atom is -0.465 e. The average molecular weight is 483 g/mol. The van der Waals surface area contributed by atoms with Gasteiger partial charge in [-0.3, -0.25) is 0 Å². The van der Waals surface area contributed by atoms with Crippen molar-refractivity contribution in [1.82, 2.24) is 0 Å². The summed E-state index contributed by atoms with van der Waals surface area (Å²) < 4.78 is 13.1. The van der Waals surface area contributed by atoms with E-state index in [-0.39, 0.29) is 12.2 Å². The summed E-state index contributed by atoms with van der Waals surface area (Å²) in [6, 6.07) is 26.4. The molecule has 0 radical (unpaired) electrons. The van der Waals surface area contributed by atoms with E-state index in [1.54, 1.807) is 0 Å². The third kappa shape index (κ3) is 5.70. The molecular weight excluding hydrogens is 440 g/mol. The van der Waals surface area contributed by atoms with Crippen LogP contribution in [0.3, 0.4) is 0 Å². The Morgan fingerprint density at radius 1 is 0.750 bits per heavy atom. The van der Waals surface area contributed by atoms with Crippen molar-refractivity contribution in [2.24, 2.45) is 11.8 Å². The van der Waals surface area contributed by atoms with Gasteiger partial charge in [0.2, 0.25) is 6.29 Å². The second-order valence-electron chi connectivity index (χ2n) is 11.3. The van der Waals surface area contributed by atoms with Crippen molar-refractivity contribution in [3.63, 3.8) is 0 Å². The quantitative estimate of drug-likeness (QED) is 0.268. The molecule has 3 aromatic rings. The Hall–Kier alpha value is -2.58. The molecule has 190 valence electrons. The highest BCUT2D eigenvalue weighted by molar-refractivity contribution is 5.78. The van der Waals surface area contributed by atoms with Gasteiger partial charge in [0.05, 0.1) is 6.61 Å². The predicted octanol–water partition coefficient (Wildman–Crippen LogP) is 9.34. The topological polar surface area (TPSA) is 18.5 Å². The highest BCUT2D eigenvalue weighted by atomic mass is 16.7. The van der Waals surface area contributed by atoms with Crippen LogP contribution in [0.25, 0.3) is 11.1 Å². The largest absolute Gasteiger partial charge is 0.465 e. The molecule has 0 bridgehead atoms. The number of ether oxygens (including phenoxy) is 2. The van der Waals surface area contributed by atoms with E-state index < -0.39 is 0 Å². The van der Waals surface area contributed by atoms with Crippen molar-refractivity contribution in [1.29, 1.82) is 0 Å². The lowest BCUT2D eigenvalue weighted by atomic mass is 9.87. The molecular formula is C34H42O2. The van der Waals surface area contributed by atoms with Crippen molar-refractivity contribution in [2.75, 3.05) is 6.61 Å². The molecule has 5 rings (SSSR count). The van der Waals surface area contributed by atoms with Gasteiger partial charge in [-0.2, -0.15) is 0 Å². The minimum atomic E-state index is -0.272. The second kappa shape index (κ2) is 11.6. The molecule has 2 aliphatic rings. The zero-order valence-corrected chi connectivity index (χ0v) is 22.3. The van der Waals surface area contributed by atoms with Crippen LogP contribution in [0.5, 0.6) is 5.75 Å². The SMILES string of the molecule is CC(C)C(C)c1ccc(OC(CC2c3ccccc3-c3ccccc32)OCCC2CCCCC2)cc1. The first kappa shape index (κ1) is 25.1. The molecule has 2 unspecified atom stereocenters. The van der Waals surface area contributed by atoms with E-state index in [2.05, 4.69) is 93.6 Å². The lowest BCUT2D eigenvalue weighted by molar-refractivity contribution is -0.0902. The number of hydrogen-bond acceptors (Lipinski definition) is 2. The lowest BCUT2D eigenvalue weighted by Gasteiger charge is -2.26. The first-order valence-electron chi connectivity index (χ1n) is 14.2. The molecule has 36 heavy (non-hydrogen) atoms. The summed E-state index contributed by atoms with van der Waals surface area (Å²) in [6.45, 7) is 7.63. The highest BCUT2D eigenvalue weighted by Crippen LogP contribution is 2.47. The Morgan fingerprint density at radius 2 is 1.36 bits per heavy atom. The van der Waals surface area contributed by atoms with Crippen LogP contribution in [0.2, 0.25) is 0 Å². The van der Waals surface area contributed by atoms with Crippen molar-refractivity contribution in [2.45, 2.75) is 83.8 Å². The molecule has 0 N–H and O–H groups in total.